The van der Waals surface area contributed by atoms with Crippen molar-refractivity contribution in [2.45, 2.75) is 20.0 Å². The molecule has 4 heteroatoms. The Morgan fingerprint density at radius 2 is 1.75 bits per heavy atom. The zero-order valence-corrected chi connectivity index (χ0v) is 8.84. The molecular weight excluding hydrogens is 178 g/mol. The minimum atomic E-state index is -0.00935. The molecule has 0 radical (unpaired) electrons. The minimum Gasteiger partial charge on any atom is -0.382 e. The number of likely N-dealkylation sites (N-methyl/N-ethyl adjacent to an activating group) is 1. The van der Waals surface area contributed by atoms with Gasteiger partial charge in [0, 0.05) is 0 Å². The number of likely N-dealkylation sites (tertiary alicyclic amines) is 1. The van der Waals surface area contributed by atoms with Crippen LogP contribution in [-0.4, -0.2) is 49.0 Å². The third-order valence-corrected chi connectivity index (χ3v) is 2.54. The molecule has 0 amide bonds. The van der Waals surface area contributed by atoms with E-state index in [1.807, 2.05) is 0 Å². The summed E-state index contributed by atoms with van der Waals surface area (Å²) >= 11 is 4.50. The fraction of sp³-hybridized carbons (Fsp3) is 1.00. The van der Waals surface area contributed by atoms with Gasteiger partial charge in [0.15, 0.2) is 6.10 Å². The molecule has 0 spiro atoms. The lowest BCUT2D eigenvalue weighted by Gasteiger charge is -2.47. The van der Waals surface area contributed by atoms with E-state index < -0.39 is 0 Å². The number of nitrogens with zero attached hydrogens (tertiary/aromatic N) is 1. The predicted molar refractivity (Wildman–Crippen MR) is 49.9 cm³/mol. The molecule has 0 aromatic rings. The van der Waals surface area contributed by atoms with Gasteiger partial charge in [0.05, 0.1) is 32.1 Å². The lowest BCUT2D eigenvalue weighted by atomic mass is 10.1. The molecular formula is C8H19ClNO2+. The molecule has 74 valence electrons. The van der Waals surface area contributed by atoms with E-state index in [1.54, 1.807) is 0 Å². The van der Waals surface area contributed by atoms with Crippen LogP contribution in [0.3, 0.4) is 0 Å². The van der Waals surface area contributed by atoms with E-state index in [4.69, 9.17) is 5.11 Å². The first kappa shape index (κ1) is 12.2. The maximum Gasteiger partial charge on any atom is 0.152 e. The van der Waals surface area contributed by atoms with Gasteiger partial charge >= 0.3 is 0 Å². The summed E-state index contributed by atoms with van der Waals surface area (Å²) in [5.41, 5.74) is 0. The number of hydrogen-bond acceptors (Lipinski definition) is 2. The Bertz CT molecular complexity index is 110. The van der Waals surface area contributed by atoms with Crippen molar-refractivity contribution in [2.75, 3.05) is 33.3 Å². The average Bonchev–Trinajstić information content (AvgIpc) is 2.00. The molecule has 0 aliphatic carbocycles. The van der Waals surface area contributed by atoms with Gasteiger partial charge in [0.1, 0.15) is 13.1 Å². The summed E-state index contributed by atoms with van der Waals surface area (Å²) in [5, 5.41) is 9.03. The van der Waals surface area contributed by atoms with Crippen LogP contribution in [0.5, 0.6) is 0 Å². The highest BCUT2D eigenvalue weighted by Crippen LogP contribution is 2.18. The Kier molecular flexibility index (Phi) is 5.84. The first-order valence-electron chi connectivity index (χ1n) is 4.32. The van der Waals surface area contributed by atoms with Crippen LogP contribution in [0, 0.1) is 0 Å². The topological polar surface area (TPSA) is 29.5 Å². The normalized spacial score (nSPS) is 20.8. The Hall–Kier alpha value is 0.170. The third kappa shape index (κ3) is 3.27. The number of rotatable bonds is 2. The zero-order valence-electron chi connectivity index (χ0n) is 8.09. The summed E-state index contributed by atoms with van der Waals surface area (Å²) in [6, 6.07) is 0. The number of halogens is 1. The van der Waals surface area contributed by atoms with Crippen molar-refractivity contribution >= 4 is 11.9 Å². The van der Waals surface area contributed by atoms with Gasteiger partial charge in [-0.2, -0.15) is 0 Å². The number of hydrogen-bond donors (Lipinski definition) is 1. The predicted octanol–water partition coefficient (Wildman–Crippen LogP) is 1.00. The second-order valence-corrected chi connectivity index (χ2v) is 3.46. The molecule has 1 saturated heterocycles. The molecule has 1 heterocycles. The molecule has 12 heavy (non-hydrogen) atoms. The van der Waals surface area contributed by atoms with Crippen LogP contribution in [0.1, 0.15) is 13.8 Å². The lowest BCUT2D eigenvalue weighted by molar-refractivity contribution is -0.969. The van der Waals surface area contributed by atoms with Gasteiger partial charge in [-0.15, -0.1) is 0 Å². The third-order valence-electron chi connectivity index (χ3n) is 2.54. The standard InChI is InChI=1S/C7H16NO.CH3ClO/c1-3-8(4-2)5-7(9)6-8;1-3-2/h7,9H,3-6H2,1-2H3;1H3/q+1;. The minimum absolute atomic E-state index is 0.00935. The molecule has 0 saturated carbocycles. The van der Waals surface area contributed by atoms with Gasteiger partial charge in [-0.05, 0) is 13.8 Å². The SMILES string of the molecule is CC[N+]1(CC)CC(O)C1.COCl. The molecule has 3 nitrogen and oxygen atoms in total. The smallest absolute Gasteiger partial charge is 0.152 e. The van der Waals surface area contributed by atoms with E-state index in [0.29, 0.717) is 0 Å². The molecule has 1 fully saturated rings. The maximum atomic E-state index is 9.03. The van der Waals surface area contributed by atoms with Gasteiger partial charge in [-0.1, -0.05) is 0 Å². The van der Waals surface area contributed by atoms with Crippen LogP contribution in [0.2, 0.25) is 0 Å². The Balaban J connectivity index is 0.000000354. The molecule has 1 N–H and O–H groups in total. The fourth-order valence-corrected chi connectivity index (χ4v) is 1.58. The van der Waals surface area contributed by atoms with Crippen molar-refractivity contribution in [1.82, 2.24) is 0 Å². The highest BCUT2D eigenvalue weighted by molar-refractivity contribution is 6.07. The summed E-state index contributed by atoms with van der Waals surface area (Å²) in [7, 11) is 1.39. The Morgan fingerprint density at radius 3 is 1.83 bits per heavy atom. The lowest BCUT2D eigenvalue weighted by Crippen LogP contribution is -2.66. The van der Waals surface area contributed by atoms with Crippen LogP contribution in [-0.2, 0) is 4.29 Å². The summed E-state index contributed by atoms with van der Waals surface area (Å²) in [5.74, 6) is 0. The van der Waals surface area contributed by atoms with Gasteiger partial charge in [0.2, 0.25) is 0 Å². The summed E-state index contributed by atoms with van der Waals surface area (Å²) in [6.07, 6.45) is -0.00935. The quantitative estimate of drug-likeness (QED) is 0.668. The second kappa shape index (κ2) is 5.75. The Morgan fingerprint density at radius 1 is 1.42 bits per heavy atom. The van der Waals surface area contributed by atoms with Crippen LogP contribution in [0.25, 0.3) is 0 Å². The van der Waals surface area contributed by atoms with E-state index in [9.17, 15) is 0 Å². The van der Waals surface area contributed by atoms with E-state index in [1.165, 1.54) is 20.2 Å². The largest absolute Gasteiger partial charge is 0.382 e. The van der Waals surface area contributed by atoms with Gasteiger partial charge in [0.25, 0.3) is 0 Å². The first-order valence-corrected chi connectivity index (χ1v) is 4.62. The molecule has 0 atom stereocenters. The highest BCUT2D eigenvalue weighted by atomic mass is 35.5. The summed E-state index contributed by atoms with van der Waals surface area (Å²) < 4.78 is 4.85. The van der Waals surface area contributed by atoms with E-state index in [0.717, 1.165) is 17.6 Å². The fourth-order valence-electron chi connectivity index (χ4n) is 1.58. The first-order chi connectivity index (χ1) is 5.64. The zero-order chi connectivity index (χ0) is 9.61. The number of aliphatic hydroxyl groups is 1. The Labute approximate surface area is 79.6 Å². The van der Waals surface area contributed by atoms with Crippen LogP contribution >= 0.6 is 11.9 Å². The van der Waals surface area contributed by atoms with Crippen molar-refractivity contribution < 1.29 is 13.9 Å². The highest BCUT2D eigenvalue weighted by Gasteiger charge is 2.39. The molecule has 0 aromatic carbocycles. The molecule has 0 bridgehead atoms. The average molecular weight is 197 g/mol. The van der Waals surface area contributed by atoms with Crippen molar-refractivity contribution in [3.05, 3.63) is 0 Å². The molecule has 0 unspecified atom stereocenters. The number of quaternary nitrogens is 1. The van der Waals surface area contributed by atoms with Crippen LogP contribution < -0.4 is 0 Å². The monoisotopic (exact) mass is 196 g/mol. The maximum absolute atomic E-state index is 9.03. The second-order valence-electron chi connectivity index (χ2n) is 3.15. The van der Waals surface area contributed by atoms with Gasteiger partial charge in [-0.3, -0.25) is 4.29 Å². The summed E-state index contributed by atoms with van der Waals surface area (Å²) in [4.78, 5) is 0. The van der Waals surface area contributed by atoms with Gasteiger partial charge < -0.3 is 9.59 Å². The summed E-state index contributed by atoms with van der Waals surface area (Å²) in [6.45, 7) is 8.69. The van der Waals surface area contributed by atoms with Crippen molar-refractivity contribution in [3.63, 3.8) is 0 Å². The van der Waals surface area contributed by atoms with Crippen molar-refractivity contribution in [3.8, 4) is 0 Å². The molecule has 1 rings (SSSR count). The van der Waals surface area contributed by atoms with Crippen molar-refractivity contribution in [1.29, 1.82) is 0 Å². The molecule has 0 aromatic heterocycles. The van der Waals surface area contributed by atoms with Crippen LogP contribution in [0.15, 0.2) is 0 Å². The van der Waals surface area contributed by atoms with E-state index >= 15 is 0 Å². The van der Waals surface area contributed by atoms with Gasteiger partial charge in [-0.25, -0.2) is 0 Å². The van der Waals surface area contributed by atoms with E-state index in [2.05, 4.69) is 30.0 Å². The number of aliphatic hydroxyl groups excluding tert-OH is 1. The van der Waals surface area contributed by atoms with Crippen LogP contribution in [0.4, 0.5) is 0 Å². The van der Waals surface area contributed by atoms with E-state index in [-0.39, 0.29) is 6.10 Å². The van der Waals surface area contributed by atoms with Crippen molar-refractivity contribution in [2.24, 2.45) is 0 Å². The molecule has 1 aliphatic rings. The molecule has 1 aliphatic heterocycles.